The molecule has 1 amide bonds. The van der Waals surface area contributed by atoms with Gasteiger partial charge in [0.05, 0.1) is 12.2 Å². The monoisotopic (exact) mass is 495 g/mol. The quantitative estimate of drug-likeness (QED) is 0.342. The second-order valence-corrected chi connectivity index (χ2v) is 8.59. The number of hydrogen-bond donors (Lipinski definition) is 0. The molecule has 0 saturated carbocycles. The zero-order valence-electron chi connectivity index (χ0n) is 18.0. The smallest absolute Gasteiger partial charge is 0.304 e. The van der Waals surface area contributed by atoms with Crippen LogP contribution in [0.15, 0.2) is 35.7 Å². The SMILES string of the molecule is Cc1nc2nc(C(F)(F)F)nn2c(C)c1CCC(=O)N(Cc1cccs1)c1ccc(F)cc1F. The number of hydrogen-bond acceptors (Lipinski definition) is 5. The lowest BCUT2D eigenvalue weighted by Crippen LogP contribution is -2.31. The Morgan fingerprint density at radius 2 is 1.91 bits per heavy atom. The number of carbonyl (C=O) groups is 1. The molecule has 178 valence electrons. The predicted octanol–water partition coefficient (Wildman–Crippen LogP) is 5.27. The van der Waals surface area contributed by atoms with E-state index in [4.69, 9.17) is 0 Å². The Balaban J connectivity index is 1.62. The third-order valence-electron chi connectivity index (χ3n) is 5.29. The number of thiophene rings is 1. The van der Waals surface area contributed by atoms with Crippen LogP contribution in [0.3, 0.4) is 0 Å². The topological polar surface area (TPSA) is 63.4 Å². The molecule has 0 atom stereocenters. The van der Waals surface area contributed by atoms with Gasteiger partial charge in [-0.1, -0.05) is 6.07 Å². The minimum absolute atomic E-state index is 0.0621. The minimum atomic E-state index is -4.72. The van der Waals surface area contributed by atoms with E-state index in [9.17, 15) is 26.7 Å². The van der Waals surface area contributed by atoms with Crippen molar-refractivity contribution in [3.05, 3.63) is 75.0 Å². The Kier molecular flexibility index (Phi) is 6.34. The van der Waals surface area contributed by atoms with Gasteiger partial charge in [-0.2, -0.15) is 18.2 Å². The van der Waals surface area contributed by atoms with Gasteiger partial charge in [-0.25, -0.2) is 18.3 Å². The molecule has 4 aromatic rings. The molecule has 0 bridgehead atoms. The lowest BCUT2D eigenvalue weighted by atomic mass is 10.1. The number of carbonyl (C=O) groups excluding carboxylic acids is 1. The molecule has 1 aromatic carbocycles. The molecule has 3 aromatic heterocycles. The molecular weight excluding hydrogens is 477 g/mol. The van der Waals surface area contributed by atoms with Crippen LogP contribution < -0.4 is 4.90 Å². The van der Waals surface area contributed by atoms with Crippen LogP contribution in [-0.4, -0.2) is 25.5 Å². The van der Waals surface area contributed by atoms with Gasteiger partial charge in [-0.15, -0.1) is 16.4 Å². The van der Waals surface area contributed by atoms with Crippen LogP contribution in [0, 0.1) is 25.5 Å². The first-order valence-corrected chi connectivity index (χ1v) is 11.0. The summed E-state index contributed by atoms with van der Waals surface area (Å²) in [5.74, 6) is -3.56. The van der Waals surface area contributed by atoms with Crippen molar-refractivity contribution in [2.75, 3.05) is 4.90 Å². The van der Waals surface area contributed by atoms with Gasteiger partial charge < -0.3 is 4.90 Å². The summed E-state index contributed by atoms with van der Waals surface area (Å²) in [6.07, 6.45) is -4.67. The fraction of sp³-hybridized carbons (Fsp3) is 0.273. The van der Waals surface area contributed by atoms with Gasteiger partial charge in [0.15, 0.2) is 0 Å². The Labute approximate surface area is 194 Å². The zero-order chi connectivity index (χ0) is 24.6. The molecule has 0 radical (unpaired) electrons. The van der Waals surface area contributed by atoms with Gasteiger partial charge >= 0.3 is 6.18 Å². The van der Waals surface area contributed by atoms with Gasteiger partial charge in [0.25, 0.3) is 11.6 Å². The second-order valence-electron chi connectivity index (χ2n) is 7.56. The number of amides is 1. The van der Waals surface area contributed by atoms with E-state index < -0.39 is 29.5 Å². The first-order chi connectivity index (χ1) is 16.0. The largest absolute Gasteiger partial charge is 0.453 e. The van der Waals surface area contributed by atoms with Crippen LogP contribution in [-0.2, 0) is 23.9 Å². The van der Waals surface area contributed by atoms with Gasteiger partial charge in [0.2, 0.25) is 5.91 Å². The molecule has 6 nitrogen and oxygen atoms in total. The van der Waals surface area contributed by atoms with E-state index in [1.807, 2.05) is 5.38 Å². The van der Waals surface area contributed by atoms with Crippen molar-refractivity contribution in [1.29, 1.82) is 0 Å². The van der Waals surface area contributed by atoms with E-state index in [-0.39, 0.29) is 30.9 Å². The van der Waals surface area contributed by atoms with E-state index in [1.54, 1.807) is 26.0 Å². The number of benzene rings is 1. The van der Waals surface area contributed by atoms with E-state index in [2.05, 4.69) is 15.1 Å². The van der Waals surface area contributed by atoms with Crippen molar-refractivity contribution in [1.82, 2.24) is 19.6 Å². The summed E-state index contributed by atoms with van der Waals surface area (Å²) < 4.78 is 67.9. The summed E-state index contributed by atoms with van der Waals surface area (Å²) in [6, 6.07) is 6.57. The summed E-state index contributed by atoms with van der Waals surface area (Å²) in [6.45, 7) is 3.27. The molecule has 0 aliphatic rings. The maximum absolute atomic E-state index is 14.5. The molecule has 4 rings (SSSR count). The predicted molar refractivity (Wildman–Crippen MR) is 115 cm³/mol. The van der Waals surface area contributed by atoms with Gasteiger partial charge in [0.1, 0.15) is 11.6 Å². The van der Waals surface area contributed by atoms with E-state index >= 15 is 0 Å². The number of halogens is 5. The number of rotatable bonds is 6. The van der Waals surface area contributed by atoms with E-state index in [0.29, 0.717) is 23.0 Å². The molecule has 0 aliphatic carbocycles. The first kappa shape index (κ1) is 23.7. The molecule has 0 saturated heterocycles. The van der Waals surface area contributed by atoms with Crippen molar-refractivity contribution >= 4 is 28.7 Å². The van der Waals surface area contributed by atoms with Gasteiger partial charge in [-0.05, 0) is 49.4 Å². The highest BCUT2D eigenvalue weighted by molar-refractivity contribution is 7.09. The highest BCUT2D eigenvalue weighted by Crippen LogP contribution is 2.28. The van der Waals surface area contributed by atoms with Crippen LogP contribution >= 0.6 is 11.3 Å². The van der Waals surface area contributed by atoms with Gasteiger partial charge in [-0.3, -0.25) is 4.79 Å². The van der Waals surface area contributed by atoms with Crippen LogP contribution in [0.2, 0.25) is 0 Å². The summed E-state index contributed by atoms with van der Waals surface area (Å²) >= 11 is 1.39. The zero-order valence-corrected chi connectivity index (χ0v) is 18.8. The summed E-state index contributed by atoms with van der Waals surface area (Å²) in [5, 5.41) is 5.32. The van der Waals surface area contributed by atoms with Crippen LogP contribution in [0.25, 0.3) is 5.78 Å². The standard InChI is InChI=1S/C22H18F5N5OS/c1-12-16(13(2)32-21(28-12)29-20(30-32)22(25,26)27)6-8-19(33)31(11-15-4-3-9-34-15)18-7-5-14(23)10-17(18)24/h3-5,7,9-10H,6,8,11H2,1-2H3. The summed E-state index contributed by atoms with van der Waals surface area (Å²) in [7, 11) is 0. The number of aryl methyl sites for hydroxylation is 2. The Morgan fingerprint density at radius 3 is 2.56 bits per heavy atom. The average Bonchev–Trinajstić information content (AvgIpc) is 3.42. The van der Waals surface area contributed by atoms with E-state index in [0.717, 1.165) is 15.5 Å². The maximum atomic E-state index is 14.5. The van der Waals surface area contributed by atoms with Crippen LogP contribution in [0.1, 0.15) is 34.1 Å². The first-order valence-electron chi connectivity index (χ1n) is 10.1. The van der Waals surface area contributed by atoms with Crippen LogP contribution in [0.4, 0.5) is 27.6 Å². The summed E-state index contributed by atoms with van der Waals surface area (Å²) in [5.41, 5.74) is 1.26. The third kappa shape index (κ3) is 4.76. The molecule has 0 spiro atoms. The molecule has 0 unspecified atom stereocenters. The van der Waals surface area contributed by atoms with E-state index in [1.165, 1.54) is 22.3 Å². The van der Waals surface area contributed by atoms with Crippen molar-refractivity contribution in [3.8, 4) is 0 Å². The Bertz CT molecular complexity index is 1350. The average molecular weight is 495 g/mol. The third-order valence-corrected chi connectivity index (χ3v) is 6.15. The number of aromatic nitrogens is 4. The lowest BCUT2D eigenvalue weighted by Gasteiger charge is -2.23. The number of alkyl halides is 3. The highest BCUT2D eigenvalue weighted by Gasteiger charge is 2.37. The molecule has 3 heterocycles. The lowest BCUT2D eigenvalue weighted by molar-refractivity contribution is -0.144. The number of fused-ring (bicyclic) bond motifs is 1. The second kappa shape index (κ2) is 9.09. The van der Waals surface area contributed by atoms with Crippen molar-refractivity contribution < 1.29 is 26.7 Å². The van der Waals surface area contributed by atoms with Crippen molar-refractivity contribution in [3.63, 3.8) is 0 Å². The fourth-order valence-corrected chi connectivity index (χ4v) is 4.32. The molecule has 12 heteroatoms. The minimum Gasteiger partial charge on any atom is -0.304 e. The fourth-order valence-electron chi connectivity index (χ4n) is 3.62. The molecule has 0 fully saturated rings. The molecule has 34 heavy (non-hydrogen) atoms. The van der Waals surface area contributed by atoms with Crippen LogP contribution in [0.5, 0.6) is 0 Å². The molecule has 0 aliphatic heterocycles. The summed E-state index contributed by atoms with van der Waals surface area (Å²) in [4.78, 5) is 22.7. The number of nitrogens with zero attached hydrogens (tertiary/aromatic N) is 5. The normalized spacial score (nSPS) is 11.9. The Morgan fingerprint density at radius 1 is 1.15 bits per heavy atom. The maximum Gasteiger partial charge on any atom is 0.453 e. The van der Waals surface area contributed by atoms with Crippen molar-refractivity contribution in [2.45, 2.75) is 39.4 Å². The molecule has 0 N–H and O–H groups in total. The Hall–Kier alpha value is -3.41. The van der Waals surface area contributed by atoms with Gasteiger partial charge in [0, 0.05) is 28.8 Å². The molecular formula is C22H18F5N5OS. The highest BCUT2D eigenvalue weighted by atomic mass is 32.1. The number of anilines is 1. The van der Waals surface area contributed by atoms with Crippen molar-refractivity contribution in [2.24, 2.45) is 0 Å².